The number of benzene rings is 1. The molecule has 1 heterocycles. The minimum absolute atomic E-state index is 0.00645. The Balaban J connectivity index is 2.24. The normalized spacial score (nSPS) is 14.8. The van der Waals surface area contributed by atoms with Crippen LogP contribution < -0.4 is 15.4 Å². The Morgan fingerprint density at radius 3 is 2.83 bits per heavy atom. The molecule has 0 saturated carbocycles. The van der Waals surface area contributed by atoms with Crippen molar-refractivity contribution in [3.05, 3.63) is 23.8 Å². The maximum absolute atomic E-state index is 11.6. The second-order valence-corrected chi connectivity index (χ2v) is 6.02. The fourth-order valence-electron chi connectivity index (χ4n) is 1.92. The average Bonchev–Trinajstić information content (AvgIpc) is 2.53. The van der Waals surface area contributed by atoms with Crippen molar-refractivity contribution in [2.75, 3.05) is 29.0 Å². The number of amides is 1. The van der Waals surface area contributed by atoms with Gasteiger partial charge in [-0.25, -0.2) is 8.42 Å². The Morgan fingerprint density at radius 2 is 2.17 bits per heavy atom. The summed E-state index contributed by atoms with van der Waals surface area (Å²) in [5.41, 5.74) is 7.34. The van der Waals surface area contributed by atoms with Crippen molar-refractivity contribution in [1.29, 1.82) is 0 Å². The van der Waals surface area contributed by atoms with Gasteiger partial charge in [-0.1, -0.05) is 0 Å². The highest BCUT2D eigenvalue weighted by Gasteiger charge is 2.24. The predicted molar refractivity (Wildman–Crippen MR) is 70.0 cm³/mol. The molecule has 2 rings (SSSR count). The summed E-state index contributed by atoms with van der Waals surface area (Å²) < 4.78 is 25.6. The lowest BCUT2D eigenvalue weighted by Crippen LogP contribution is -2.22. The zero-order valence-electron chi connectivity index (χ0n) is 10.0. The molecule has 1 aromatic carbocycles. The summed E-state index contributed by atoms with van der Waals surface area (Å²) in [6.07, 6.45) is 0.304. The highest BCUT2D eigenvalue weighted by molar-refractivity contribution is 7.92. The van der Waals surface area contributed by atoms with Crippen molar-refractivity contribution in [3.8, 4) is 0 Å². The molecule has 0 unspecified atom stereocenters. The molecule has 1 amide bonds. The molecule has 6 nitrogen and oxygen atoms in total. The molecular weight excluding hydrogens is 254 g/mol. The Labute approximate surface area is 106 Å². The van der Waals surface area contributed by atoms with Gasteiger partial charge in [0.2, 0.25) is 15.9 Å². The third kappa shape index (κ3) is 2.46. The van der Waals surface area contributed by atoms with Crippen LogP contribution in [-0.4, -0.2) is 33.7 Å². The van der Waals surface area contributed by atoms with Crippen LogP contribution in [0.3, 0.4) is 0 Å². The molecule has 0 aliphatic carbocycles. The highest BCUT2D eigenvalue weighted by atomic mass is 32.2. The number of likely N-dealkylation sites (N-methyl/N-ethyl adjacent to an activating group) is 1. The number of nitrogens with two attached hydrogens (primary N) is 1. The summed E-state index contributed by atoms with van der Waals surface area (Å²) in [6.45, 7) is 0.0709. The molecule has 1 aliphatic rings. The molecule has 1 aromatic rings. The van der Waals surface area contributed by atoms with Crippen LogP contribution in [0.1, 0.15) is 5.56 Å². The van der Waals surface area contributed by atoms with Crippen molar-refractivity contribution in [3.63, 3.8) is 0 Å². The van der Waals surface area contributed by atoms with Gasteiger partial charge in [0.05, 0.1) is 12.2 Å². The fourth-order valence-corrected chi connectivity index (χ4v) is 2.82. The van der Waals surface area contributed by atoms with Crippen LogP contribution in [0.15, 0.2) is 18.2 Å². The number of nitrogens with one attached hydrogen (secondary N) is 1. The minimum Gasteiger partial charge on any atom is -0.329 e. The molecule has 18 heavy (non-hydrogen) atoms. The molecule has 7 heteroatoms. The van der Waals surface area contributed by atoms with Gasteiger partial charge in [0.1, 0.15) is 0 Å². The first kappa shape index (κ1) is 12.8. The third-order valence-electron chi connectivity index (χ3n) is 2.82. The first-order chi connectivity index (χ1) is 8.43. The van der Waals surface area contributed by atoms with E-state index in [2.05, 4.69) is 4.72 Å². The van der Waals surface area contributed by atoms with Gasteiger partial charge < -0.3 is 10.6 Å². The summed E-state index contributed by atoms with van der Waals surface area (Å²) in [6, 6.07) is 5.06. The maximum Gasteiger partial charge on any atom is 0.233 e. The van der Waals surface area contributed by atoms with Crippen LogP contribution in [0.4, 0.5) is 11.4 Å². The molecular formula is C11H15N3O3S. The Bertz CT molecular complexity index is 583. The summed E-state index contributed by atoms with van der Waals surface area (Å²) >= 11 is 0. The third-order valence-corrected chi connectivity index (χ3v) is 4.14. The Kier molecular flexibility index (Phi) is 3.27. The van der Waals surface area contributed by atoms with E-state index >= 15 is 0 Å². The summed E-state index contributed by atoms with van der Waals surface area (Å²) in [5, 5.41) is 0. The molecule has 0 bridgehead atoms. The SMILES string of the molecule is CN1C(=O)Cc2cc(NS(=O)(=O)CCN)ccc21. The lowest BCUT2D eigenvalue weighted by Gasteiger charge is -2.11. The number of nitrogens with zero attached hydrogens (tertiary/aromatic N) is 1. The monoisotopic (exact) mass is 269 g/mol. The van der Waals surface area contributed by atoms with Crippen LogP contribution in [-0.2, 0) is 21.2 Å². The smallest absolute Gasteiger partial charge is 0.233 e. The van der Waals surface area contributed by atoms with Crippen LogP contribution in [0.2, 0.25) is 0 Å². The molecule has 0 aromatic heterocycles. The second-order valence-electron chi connectivity index (χ2n) is 4.18. The number of sulfonamides is 1. The molecule has 3 N–H and O–H groups in total. The lowest BCUT2D eigenvalue weighted by atomic mass is 10.1. The first-order valence-electron chi connectivity index (χ1n) is 5.53. The summed E-state index contributed by atoms with van der Waals surface area (Å²) in [4.78, 5) is 13.1. The molecule has 0 saturated heterocycles. The molecule has 0 radical (unpaired) electrons. The molecule has 1 aliphatic heterocycles. The number of rotatable bonds is 4. The summed E-state index contributed by atoms with van der Waals surface area (Å²) in [7, 11) is -1.70. The first-order valence-corrected chi connectivity index (χ1v) is 7.18. The topological polar surface area (TPSA) is 92.5 Å². The highest BCUT2D eigenvalue weighted by Crippen LogP contribution is 2.30. The van der Waals surface area contributed by atoms with Crippen molar-refractivity contribution >= 4 is 27.3 Å². The van der Waals surface area contributed by atoms with E-state index in [1.54, 1.807) is 30.1 Å². The largest absolute Gasteiger partial charge is 0.329 e. The number of carbonyl (C=O) groups excluding carboxylic acids is 1. The van der Waals surface area contributed by atoms with Crippen molar-refractivity contribution in [1.82, 2.24) is 0 Å². The second kappa shape index (κ2) is 4.58. The van der Waals surface area contributed by atoms with Gasteiger partial charge in [-0.2, -0.15) is 0 Å². The number of carbonyl (C=O) groups is 1. The van der Waals surface area contributed by atoms with Gasteiger partial charge in [0.25, 0.3) is 0 Å². The maximum atomic E-state index is 11.6. The van der Waals surface area contributed by atoms with E-state index in [1.807, 2.05) is 0 Å². The van der Waals surface area contributed by atoms with E-state index in [4.69, 9.17) is 5.73 Å². The van der Waals surface area contributed by atoms with Crippen LogP contribution >= 0.6 is 0 Å². The molecule has 0 spiro atoms. The van der Waals surface area contributed by atoms with Gasteiger partial charge in [0, 0.05) is 25.0 Å². The zero-order chi connectivity index (χ0) is 13.3. The molecule has 98 valence electrons. The van der Waals surface area contributed by atoms with E-state index < -0.39 is 10.0 Å². The van der Waals surface area contributed by atoms with Crippen molar-refractivity contribution in [2.24, 2.45) is 5.73 Å². The van der Waals surface area contributed by atoms with Gasteiger partial charge in [-0.05, 0) is 23.8 Å². The van der Waals surface area contributed by atoms with Gasteiger partial charge >= 0.3 is 0 Å². The van der Waals surface area contributed by atoms with Crippen molar-refractivity contribution in [2.45, 2.75) is 6.42 Å². The Hall–Kier alpha value is -1.60. The van der Waals surface area contributed by atoms with Crippen LogP contribution in [0.25, 0.3) is 0 Å². The molecule has 0 atom stereocenters. The van der Waals surface area contributed by atoms with Crippen LogP contribution in [0.5, 0.6) is 0 Å². The van der Waals surface area contributed by atoms with Gasteiger partial charge in [-0.3, -0.25) is 9.52 Å². The number of hydrogen-bond donors (Lipinski definition) is 2. The van der Waals surface area contributed by atoms with E-state index in [9.17, 15) is 13.2 Å². The Morgan fingerprint density at radius 1 is 1.44 bits per heavy atom. The van der Waals surface area contributed by atoms with E-state index in [0.717, 1.165) is 11.3 Å². The van der Waals surface area contributed by atoms with E-state index in [-0.39, 0.29) is 18.2 Å². The van der Waals surface area contributed by atoms with Crippen molar-refractivity contribution < 1.29 is 13.2 Å². The number of fused-ring (bicyclic) bond motifs is 1. The van der Waals surface area contributed by atoms with E-state index in [0.29, 0.717) is 12.1 Å². The quantitative estimate of drug-likeness (QED) is 0.798. The number of hydrogen-bond acceptors (Lipinski definition) is 4. The fraction of sp³-hybridized carbons (Fsp3) is 0.364. The summed E-state index contributed by atoms with van der Waals surface area (Å²) in [5.74, 6) is -0.116. The zero-order valence-corrected chi connectivity index (χ0v) is 10.8. The predicted octanol–water partition coefficient (Wildman–Crippen LogP) is -0.0941. The average molecular weight is 269 g/mol. The molecule has 0 fully saturated rings. The van der Waals surface area contributed by atoms with E-state index in [1.165, 1.54) is 0 Å². The number of anilines is 2. The van der Waals surface area contributed by atoms with Gasteiger partial charge in [0.15, 0.2) is 0 Å². The van der Waals surface area contributed by atoms with Gasteiger partial charge in [-0.15, -0.1) is 0 Å². The minimum atomic E-state index is -3.40. The van der Waals surface area contributed by atoms with Crippen LogP contribution in [0, 0.1) is 0 Å². The lowest BCUT2D eigenvalue weighted by molar-refractivity contribution is -0.117. The standard InChI is InChI=1S/C11H15N3O3S/c1-14-10-3-2-9(6-8(10)7-11(14)15)13-18(16,17)5-4-12/h2-3,6,13H,4-5,7,12H2,1H3.